The molecule has 0 aliphatic carbocycles. The van der Waals surface area contributed by atoms with Crippen molar-refractivity contribution in [3.63, 3.8) is 0 Å². The van der Waals surface area contributed by atoms with E-state index in [1.54, 1.807) is 12.4 Å². The molecule has 0 radical (unpaired) electrons. The number of hydrogen-bond acceptors (Lipinski definition) is 5. The third kappa shape index (κ3) is 2.55. The van der Waals surface area contributed by atoms with Gasteiger partial charge in [0.1, 0.15) is 17.5 Å². The SMILES string of the molecule is COc1nccc(N2CCC[C@H](c3ncc[nH]3)C2)c1C#N. The van der Waals surface area contributed by atoms with Gasteiger partial charge >= 0.3 is 0 Å². The summed E-state index contributed by atoms with van der Waals surface area (Å²) in [5.74, 6) is 1.76. The lowest BCUT2D eigenvalue weighted by molar-refractivity contribution is 0.396. The predicted molar refractivity (Wildman–Crippen MR) is 78.3 cm³/mol. The Morgan fingerprint density at radius 3 is 3.05 bits per heavy atom. The van der Waals surface area contributed by atoms with E-state index in [2.05, 4.69) is 25.9 Å². The molecule has 0 spiro atoms. The van der Waals surface area contributed by atoms with Crippen LogP contribution in [0.3, 0.4) is 0 Å². The van der Waals surface area contributed by atoms with Crippen molar-refractivity contribution in [2.45, 2.75) is 18.8 Å². The average Bonchev–Trinajstić information content (AvgIpc) is 3.08. The van der Waals surface area contributed by atoms with Gasteiger partial charge in [-0.25, -0.2) is 9.97 Å². The highest BCUT2D eigenvalue weighted by molar-refractivity contribution is 5.63. The molecule has 3 heterocycles. The minimum atomic E-state index is 0.361. The molecule has 1 fully saturated rings. The minimum Gasteiger partial charge on any atom is -0.480 e. The van der Waals surface area contributed by atoms with Gasteiger partial charge in [-0.3, -0.25) is 0 Å². The molecular weight excluding hydrogens is 266 g/mol. The number of hydrogen-bond donors (Lipinski definition) is 1. The summed E-state index contributed by atoms with van der Waals surface area (Å²) >= 11 is 0. The van der Waals surface area contributed by atoms with Gasteiger partial charge < -0.3 is 14.6 Å². The number of nitriles is 1. The number of nitrogens with one attached hydrogen (secondary N) is 1. The molecule has 1 saturated heterocycles. The van der Waals surface area contributed by atoms with E-state index in [0.717, 1.165) is 37.4 Å². The van der Waals surface area contributed by atoms with E-state index in [-0.39, 0.29) is 0 Å². The van der Waals surface area contributed by atoms with Crippen LogP contribution in [-0.4, -0.2) is 35.2 Å². The summed E-state index contributed by atoms with van der Waals surface area (Å²) in [6, 6.07) is 4.09. The zero-order chi connectivity index (χ0) is 14.7. The number of imidazole rings is 1. The number of ether oxygens (including phenoxy) is 1. The topological polar surface area (TPSA) is 77.8 Å². The van der Waals surface area contributed by atoms with E-state index in [1.807, 2.05) is 12.3 Å². The number of piperidine rings is 1. The smallest absolute Gasteiger partial charge is 0.233 e. The number of anilines is 1. The fourth-order valence-electron chi connectivity index (χ4n) is 2.88. The van der Waals surface area contributed by atoms with Crippen LogP contribution in [0.2, 0.25) is 0 Å². The normalized spacial score (nSPS) is 18.3. The second-order valence-electron chi connectivity index (χ2n) is 5.09. The largest absolute Gasteiger partial charge is 0.480 e. The molecule has 1 aliphatic heterocycles. The van der Waals surface area contributed by atoms with Crippen LogP contribution >= 0.6 is 0 Å². The van der Waals surface area contributed by atoms with Gasteiger partial charge in [0.15, 0.2) is 0 Å². The lowest BCUT2D eigenvalue weighted by Gasteiger charge is -2.34. The second-order valence-corrected chi connectivity index (χ2v) is 5.09. The van der Waals surface area contributed by atoms with Crippen LogP contribution in [0, 0.1) is 11.3 Å². The average molecular weight is 283 g/mol. The lowest BCUT2D eigenvalue weighted by Crippen LogP contribution is -2.35. The predicted octanol–water partition coefficient (Wildman–Crippen LogP) is 2.07. The molecule has 0 bridgehead atoms. The van der Waals surface area contributed by atoms with Crippen LogP contribution in [0.4, 0.5) is 5.69 Å². The number of pyridine rings is 1. The Morgan fingerprint density at radius 2 is 2.33 bits per heavy atom. The Hall–Kier alpha value is -2.55. The quantitative estimate of drug-likeness (QED) is 0.933. The Labute approximate surface area is 123 Å². The van der Waals surface area contributed by atoms with Crippen molar-refractivity contribution >= 4 is 5.69 Å². The fraction of sp³-hybridized carbons (Fsp3) is 0.400. The van der Waals surface area contributed by atoms with Gasteiger partial charge in [0.2, 0.25) is 5.88 Å². The van der Waals surface area contributed by atoms with Crippen molar-refractivity contribution in [2.24, 2.45) is 0 Å². The maximum absolute atomic E-state index is 9.40. The maximum atomic E-state index is 9.40. The van der Waals surface area contributed by atoms with E-state index in [9.17, 15) is 5.26 Å². The Balaban J connectivity index is 1.89. The van der Waals surface area contributed by atoms with Crippen molar-refractivity contribution in [3.05, 3.63) is 36.0 Å². The maximum Gasteiger partial charge on any atom is 0.233 e. The number of aromatic nitrogens is 3. The monoisotopic (exact) mass is 283 g/mol. The van der Waals surface area contributed by atoms with Gasteiger partial charge in [-0.15, -0.1) is 0 Å². The summed E-state index contributed by atoms with van der Waals surface area (Å²) in [4.78, 5) is 13.9. The standard InChI is InChI=1S/C15H17N5O/c1-21-15-12(9-16)13(4-5-19-15)20-8-2-3-11(10-20)14-17-6-7-18-14/h4-7,11H,2-3,8,10H2,1H3,(H,17,18)/t11-/m0/s1. The number of methoxy groups -OCH3 is 1. The molecule has 1 atom stereocenters. The Kier molecular flexibility index (Phi) is 3.73. The molecule has 0 aromatic carbocycles. The van der Waals surface area contributed by atoms with Crippen molar-refractivity contribution < 1.29 is 4.74 Å². The van der Waals surface area contributed by atoms with Gasteiger partial charge in [0, 0.05) is 37.6 Å². The van der Waals surface area contributed by atoms with Crippen molar-refractivity contribution in [1.29, 1.82) is 5.26 Å². The summed E-state index contributed by atoms with van der Waals surface area (Å²) in [5, 5.41) is 9.40. The van der Waals surface area contributed by atoms with E-state index >= 15 is 0 Å². The molecule has 108 valence electrons. The highest BCUT2D eigenvalue weighted by atomic mass is 16.5. The first-order valence-electron chi connectivity index (χ1n) is 7.00. The summed E-state index contributed by atoms with van der Waals surface area (Å²) in [6.45, 7) is 1.77. The first kappa shape index (κ1) is 13.4. The van der Waals surface area contributed by atoms with E-state index in [1.165, 1.54) is 7.11 Å². The molecule has 0 saturated carbocycles. The van der Waals surface area contributed by atoms with E-state index in [4.69, 9.17) is 4.74 Å². The molecule has 6 nitrogen and oxygen atoms in total. The van der Waals surface area contributed by atoms with E-state index < -0.39 is 0 Å². The van der Waals surface area contributed by atoms with Gasteiger partial charge in [0.05, 0.1) is 12.8 Å². The third-order valence-corrected chi connectivity index (χ3v) is 3.87. The van der Waals surface area contributed by atoms with Crippen LogP contribution < -0.4 is 9.64 Å². The first-order valence-corrected chi connectivity index (χ1v) is 7.00. The van der Waals surface area contributed by atoms with Gasteiger partial charge in [-0.2, -0.15) is 5.26 Å². The molecule has 1 aliphatic rings. The molecule has 2 aromatic heterocycles. The molecule has 21 heavy (non-hydrogen) atoms. The molecule has 2 aromatic rings. The van der Waals surface area contributed by atoms with Gasteiger partial charge in [-0.1, -0.05) is 0 Å². The molecular formula is C15H17N5O. The van der Waals surface area contributed by atoms with Crippen molar-refractivity contribution in [1.82, 2.24) is 15.0 Å². The molecule has 1 N–H and O–H groups in total. The molecule has 0 amide bonds. The second kappa shape index (κ2) is 5.83. The Morgan fingerprint density at radius 1 is 1.43 bits per heavy atom. The van der Waals surface area contributed by atoms with Crippen LogP contribution in [0.25, 0.3) is 0 Å². The first-order chi connectivity index (χ1) is 10.3. The summed E-state index contributed by atoms with van der Waals surface area (Å²) < 4.78 is 5.19. The molecule has 6 heteroatoms. The lowest BCUT2D eigenvalue weighted by atomic mass is 9.96. The zero-order valence-corrected chi connectivity index (χ0v) is 11.9. The summed E-state index contributed by atoms with van der Waals surface area (Å²) in [5.41, 5.74) is 1.39. The summed E-state index contributed by atoms with van der Waals surface area (Å²) in [7, 11) is 1.54. The molecule has 0 unspecified atom stereocenters. The fourth-order valence-corrected chi connectivity index (χ4v) is 2.88. The highest BCUT2D eigenvalue weighted by Crippen LogP contribution is 2.32. The van der Waals surface area contributed by atoms with Crippen LogP contribution in [0.15, 0.2) is 24.7 Å². The number of H-pyrrole nitrogens is 1. The van der Waals surface area contributed by atoms with E-state index in [0.29, 0.717) is 17.4 Å². The highest BCUT2D eigenvalue weighted by Gasteiger charge is 2.25. The zero-order valence-electron chi connectivity index (χ0n) is 11.9. The summed E-state index contributed by atoms with van der Waals surface area (Å²) in [6.07, 6.45) is 7.50. The number of rotatable bonds is 3. The Bertz CT molecular complexity index is 647. The van der Waals surface area contributed by atoms with Gasteiger partial charge in [0.25, 0.3) is 0 Å². The van der Waals surface area contributed by atoms with Crippen molar-refractivity contribution in [2.75, 3.05) is 25.1 Å². The molecule has 3 rings (SSSR count). The minimum absolute atomic E-state index is 0.361. The van der Waals surface area contributed by atoms with Crippen LogP contribution in [-0.2, 0) is 0 Å². The van der Waals surface area contributed by atoms with Gasteiger partial charge in [-0.05, 0) is 18.9 Å². The van der Waals surface area contributed by atoms with Crippen LogP contribution in [0.1, 0.15) is 30.1 Å². The third-order valence-electron chi connectivity index (χ3n) is 3.87. The van der Waals surface area contributed by atoms with Crippen LogP contribution in [0.5, 0.6) is 5.88 Å². The number of aromatic amines is 1. The van der Waals surface area contributed by atoms with Crippen molar-refractivity contribution in [3.8, 4) is 11.9 Å². The number of nitrogens with zero attached hydrogens (tertiary/aromatic N) is 4.